The molecule has 6 heteroatoms. The molecule has 3 aromatic carbocycles. The molecule has 194 valence electrons. The van der Waals surface area contributed by atoms with Crippen LogP contribution in [-0.2, 0) is 21.5 Å². The Balaban J connectivity index is 1.66. The van der Waals surface area contributed by atoms with Crippen molar-refractivity contribution in [3.8, 4) is 6.07 Å². The van der Waals surface area contributed by atoms with Crippen LogP contribution in [0.2, 0.25) is 0 Å². The molecule has 3 aliphatic rings. The van der Waals surface area contributed by atoms with Gasteiger partial charge in [-0.1, -0.05) is 80.1 Å². The van der Waals surface area contributed by atoms with Crippen molar-refractivity contribution in [1.29, 1.82) is 5.26 Å². The predicted octanol–water partition coefficient (Wildman–Crippen LogP) is 5.64. The summed E-state index contributed by atoms with van der Waals surface area (Å²) in [5.41, 5.74) is 10.3. The summed E-state index contributed by atoms with van der Waals surface area (Å²) in [4.78, 5) is 32.5. The monoisotopic (exact) mass is 514 g/mol. The van der Waals surface area contributed by atoms with Crippen LogP contribution in [0.4, 0.5) is 11.4 Å². The van der Waals surface area contributed by atoms with E-state index in [1.54, 1.807) is 4.90 Å². The van der Waals surface area contributed by atoms with Crippen molar-refractivity contribution in [2.45, 2.75) is 45.6 Å². The Morgan fingerprint density at radius 1 is 0.923 bits per heavy atom. The number of rotatable bonds is 3. The number of nitrogens with zero attached hydrogens (tertiary/aromatic N) is 3. The number of ketones is 1. The van der Waals surface area contributed by atoms with E-state index in [1.165, 1.54) is 0 Å². The largest absolute Gasteiger partial charge is 0.384 e. The number of Topliss-reactive ketones (excluding diaryl/α,β-unsaturated/α-hetero) is 1. The van der Waals surface area contributed by atoms with E-state index in [0.29, 0.717) is 35.5 Å². The second-order valence-corrected chi connectivity index (χ2v) is 11.4. The Hall–Kier alpha value is -4.63. The van der Waals surface area contributed by atoms with Gasteiger partial charge >= 0.3 is 0 Å². The molecule has 1 amide bonds. The van der Waals surface area contributed by atoms with Crippen LogP contribution in [0.1, 0.15) is 43.4 Å². The summed E-state index contributed by atoms with van der Waals surface area (Å²) < 4.78 is 0. The zero-order chi connectivity index (χ0) is 27.5. The molecule has 1 aliphatic carbocycles. The number of hydrogen-bond donors (Lipinski definition) is 1. The van der Waals surface area contributed by atoms with Gasteiger partial charge in [0.05, 0.1) is 12.1 Å². The van der Waals surface area contributed by atoms with Gasteiger partial charge in [0.25, 0.3) is 0 Å². The van der Waals surface area contributed by atoms with Crippen molar-refractivity contribution < 1.29 is 9.59 Å². The van der Waals surface area contributed by atoms with Crippen LogP contribution in [0.25, 0.3) is 0 Å². The van der Waals surface area contributed by atoms with Gasteiger partial charge in [0.1, 0.15) is 17.3 Å². The van der Waals surface area contributed by atoms with Crippen molar-refractivity contribution in [3.63, 3.8) is 0 Å². The molecule has 0 saturated carbocycles. The smallest absolute Gasteiger partial charge is 0.248 e. The fourth-order valence-corrected chi connectivity index (χ4v) is 6.47. The first-order valence-corrected chi connectivity index (χ1v) is 13.2. The molecule has 0 bridgehead atoms. The standard InChI is InChI=1S/C33H30N4O2/c1-21-13-15-23(16-14-21)37-27-17-32(2,3)18-28(38)29(27)33(25(19-34)30(37)35)24-11-7-8-12-26(24)36(31(33)39)20-22-9-5-4-6-10-22/h4-16H,17-18,20,35H2,1-3H3. The van der Waals surface area contributed by atoms with E-state index in [1.807, 2.05) is 90.7 Å². The van der Waals surface area contributed by atoms with Gasteiger partial charge in [-0.05, 0) is 42.5 Å². The number of aryl methyl sites for hydroxylation is 1. The fraction of sp³-hybridized carbons (Fsp3) is 0.242. The van der Waals surface area contributed by atoms with Crippen molar-refractivity contribution >= 4 is 23.1 Å². The summed E-state index contributed by atoms with van der Waals surface area (Å²) in [7, 11) is 0. The number of amides is 1. The fourth-order valence-electron chi connectivity index (χ4n) is 6.47. The Bertz CT molecular complexity index is 1630. The van der Waals surface area contributed by atoms with Gasteiger partial charge in [-0.3, -0.25) is 14.5 Å². The minimum Gasteiger partial charge on any atom is -0.384 e. The maximum absolute atomic E-state index is 14.8. The Labute approximate surface area is 228 Å². The highest BCUT2D eigenvalue weighted by atomic mass is 16.2. The van der Waals surface area contributed by atoms with Crippen LogP contribution in [0, 0.1) is 23.7 Å². The van der Waals surface area contributed by atoms with Crippen molar-refractivity contribution in [3.05, 3.63) is 118 Å². The molecule has 0 aromatic heterocycles. The number of para-hydroxylation sites is 1. The van der Waals surface area contributed by atoms with E-state index in [9.17, 15) is 14.9 Å². The summed E-state index contributed by atoms with van der Waals surface area (Å²) in [6, 6.07) is 27.4. The third-order valence-electron chi connectivity index (χ3n) is 8.12. The van der Waals surface area contributed by atoms with Crippen LogP contribution >= 0.6 is 0 Å². The first kappa shape index (κ1) is 24.7. The van der Waals surface area contributed by atoms with Gasteiger partial charge in [-0.2, -0.15) is 5.26 Å². The van der Waals surface area contributed by atoms with E-state index in [0.717, 1.165) is 16.8 Å². The SMILES string of the molecule is Cc1ccc(N2C(N)=C(C#N)C3(C(=O)N(Cc4ccccc4)c4ccccc43)C3=C2CC(C)(C)CC3=O)cc1. The van der Waals surface area contributed by atoms with Gasteiger partial charge in [0.15, 0.2) is 5.78 Å². The molecule has 0 saturated heterocycles. The van der Waals surface area contributed by atoms with Crippen molar-refractivity contribution in [2.75, 3.05) is 9.80 Å². The Morgan fingerprint density at radius 2 is 1.59 bits per heavy atom. The average molecular weight is 515 g/mol. The highest BCUT2D eigenvalue weighted by Gasteiger charge is 2.63. The van der Waals surface area contributed by atoms with Crippen LogP contribution in [-0.4, -0.2) is 11.7 Å². The van der Waals surface area contributed by atoms with Gasteiger partial charge in [-0.25, -0.2) is 0 Å². The van der Waals surface area contributed by atoms with Gasteiger partial charge in [-0.15, -0.1) is 0 Å². The first-order valence-electron chi connectivity index (χ1n) is 13.2. The lowest BCUT2D eigenvalue weighted by Crippen LogP contribution is -2.53. The number of anilines is 2. The van der Waals surface area contributed by atoms with Gasteiger partial charge < -0.3 is 10.6 Å². The number of carbonyl (C=O) groups is 2. The number of nitrogens with two attached hydrogens (primary N) is 1. The summed E-state index contributed by atoms with van der Waals surface area (Å²) >= 11 is 0. The van der Waals surface area contributed by atoms with Crippen molar-refractivity contribution in [1.82, 2.24) is 0 Å². The zero-order valence-electron chi connectivity index (χ0n) is 22.4. The number of hydrogen-bond acceptors (Lipinski definition) is 5. The van der Waals surface area contributed by atoms with Crippen LogP contribution in [0.3, 0.4) is 0 Å². The number of fused-ring (bicyclic) bond motifs is 3. The van der Waals surface area contributed by atoms with E-state index < -0.39 is 5.41 Å². The average Bonchev–Trinajstić information content (AvgIpc) is 3.13. The molecule has 1 spiro atoms. The number of carbonyl (C=O) groups excluding carboxylic acids is 2. The lowest BCUT2D eigenvalue weighted by molar-refractivity contribution is -0.125. The highest BCUT2D eigenvalue weighted by Crippen LogP contribution is 2.58. The molecule has 6 rings (SSSR count). The molecular formula is C33H30N4O2. The molecule has 2 N–H and O–H groups in total. The summed E-state index contributed by atoms with van der Waals surface area (Å²) in [6.07, 6.45) is 0.819. The van der Waals surface area contributed by atoms with E-state index >= 15 is 0 Å². The van der Waals surface area contributed by atoms with Gasteiger partial charge in [0.2, 0.25) is 5.91 Å². The minimum atomic E-state index is -1.59. The quantitative estimate of drug-likeness (QED) is 0.489. The molecule has 3 aromatic rings. The van der Waals surface area contributed by atoms with E-state index in [2.05, 4.69) is 19.9 Å². The molecule has 2 heterocycles. The molecule has 39 heavy (non-hydrogen) atoms. The number of allylic oxidation sites excluding steroid dienone is 1. The second kappa shape index (κ2) is 8.71. The highest BCUT2D eigenvalue weighted by molar-refractivity contribution is 6.20. The lowest BCUT2D eigenvalue weighted by Gasteiger charge is -2.47. The molecule has 1 atom stereocenters. The van der Waals surface area contributed by atoms with Gasteiger partial charge in [0, 0.05) is 34.6 Å². The van der Waals surface area contributed by atoms with Crippen LogP contribution in [0.5, 0.6) is 0 Å². The van der Waals surface area contributed by atoms with Crippen LogP contribution in [0.15, 0.2) is 102 Å². The molecular weight excluding hydrogens is 484 g/mol. The van der Waals surface area contributed by atoms with E-state index in [-0.39, 0.29) is 34.9 Å². The van der Waals surface area contributed by atoms with Crippen LogP contribution < -0.4 is 15.5 Å². The molecule has 2 aliphatic heterocycles. The summed E-state index contributed by atoms with van der Waals surface area (Å²) in [5, 5.41) is 10.7. The Morgan fingerprint density at radius 3 is 2.28 bits per heavy atom. The third kappa shape index (κ3) is 3.54. The molecule has 6 nitrogen and oxygen atoms in total. The van der Waals surface area contributed by atoms with E-state index in [4.69, 9.17) is 5.73 Å². The zero-order valence-corrected chi connectivity index (χ0v) is 22.4. The maximum atomic E-state index is 14.8. The molecule has 0 radical (unpaired) electrons. The predicted molar refractivity (Wildman–Crippen MR) is 151 cm³/mol. The first-order chi connectivity index (χ1) is 18.7. The normalized spacial score (nSPS) is 21.8. The summed E-state index contributed by atoms with van der Waals surface area (Å²) in [6.45, 7) is 6.43. The molecule has 1 unspecified atom stereocenters. The molecule has 0 fully saturated rings. The van der Waals surface area contributed by atoms with Crippen molar-refractivity contribution in [2.24, 2.45) is 11.1 Å². The number of nitriles is 1. The topological polar surface area (TPSA) is 90.4 Å². The minimum absolute atomic E-state index is 0.0999. The number of benzene rings is 3. The third-order valence-corrected chi connectivity index (χ3v) is 8.12. The maximum Gasteiger partial charge on any atom is 0.248 e. The Kier molecular flexibility index (Phi) is 5.51. The summed E-state index contributed by atoms with van der Waals surface area (Å²) in [5.74, 6) is -0.241. The second-order valence-electron chi connectivity index (χ2n) is 11.4. The lowest BCUT2D eigenvalue weighted by atomic mass is 9.60.